The monoisotopic (exact) mass is 509 g/mol. The number of ether oxygens (including phenoxy) is 1. The smallest absolute Gasteiger partial charge is 0.337 e. The average Bonchev–Trinajstić information content (AvgIpc) is 2.87. The van der Waals surface area contributed by atoms with Crippen LogP contribution in [-0.2, 0) is 20.9 Å². The number of rotatable bonds is 9. The second-order valence-electron chi connectivity index (χ2n) is 7.92. The first kappa shape index (κ1) is 26.4. The third-order valence-corrected chi connectivity index (χ3v) is 6.99. The Kier molecular flexibility index (Phi) is 9.41. The van der Waals surface area contributed by atoms with Crippen LogP contribution in [0.1, 0.15) is 37.8 Å². The Morgan fingerprint density at radius 2 is 1.77 bits per heavy atom. The van der Waals surface area contributed by atoms with Gasteiger partial charge in [-0.3, -0.25) is 4.79 Å². The molecule has 0 fully saturated rings. The van der Waals surface area contributed by atoms with Crippen LogP contribution in [-0.4, -0.2) is 35.6 Å². The summed E-state index contributed by atoms with van der Waals surface area (Å²) in [5.41, 5.74) is 2.92. The van der Waals surface area contributed by atoms with E-state index in [1.54, 1.807) is 36.1 Å². The van der Waals surface area contributed by atoms with Crippen LogP contribution in [0.3, 0.4) is 0 Å². The van der Waals surface area contributed by atoms with Crippen molar-refractivity contribution in [1.29, 1.82) is 5.26 Å². The third-order valence-electron chi connectivity index (χ3n) is 5.74. The number of halogens is 1. The first-order valence-corrected chi connectivity index (χ1v) is 12.7. The highest BCUT2D eigenvalue weighted by atomic mass is 35.5. The third kappa shape index (κ3) is 6.47. The molecule has 0 radical (unpaired) electrons. The van der Waals surface area contributed by atoms with E-state index in [0.717, 1.165) is 11.1 Å². The van der Waals surface area contributed by atoms with Crippen molar-refractivity contribution in [2.75, 3.05) is 18.8 Å². The molecule has 1 atom stereocenters. The van der Waals surface area contributed by atoms with E-state index in [9.17, 15) is 14.9 Å². The number of esters is 1. The molecule has 0 saturated carbocycles. The summed E-state index contributed by atoms with van der Waals surface area (Å²) in [5.74, 6) is -0.976. The van der Waals surface area contributed by atoms with Crippen LogP contribution in [0.2, 0.25) is 5.02 Å². The molecule has 0 aliphatic carbocycles. The van der Waals surface area contributed by atoms with Crippen molar-refractivity contribution in [2.24, 2.45) is 0 Å². The topological polar surface area (TPSA) is 82.4 Å². The van der Waals surface area contributed by atoms with E-state index in [4.69, 9.17) is 16.3 Å². The Balaban J connectivity index is 1.94. The number of nitriles is 1. The van der Waals surface area contributed by atoms with Gasteiger partial charge in [0.25, 0.3) is 0 Å². The fraction of sp³-hybridized carbons (Fsp3) is 0.296. The maximum Gasteiger partial charge on any atom is 0.337 e. The van der Waals surface area contributed by atoms with Crippen molar-refractivity contribution in [3.05, 3.63) is 92.6 Å². The van der Waals surface area contributed by atoms with Gasteiger partial charge in [-0.15, -0.1) is 0 Å². The molecule has 1 amide bonds. The highest BCUT2D eigenvalue weighted by Gasteiger charge is 2.35. The summed E-state index contributed by atoms with van der Waals surface area (Å²) < 4.78 is 5.64. The zero-order chi connectivity index (χ0) is 25.4. The summed E-state index contributed by atoms with van der Waals surface area (Å²) in [7, 11) is 0. The van der Waals surface area contributed by atoms with Gasteiger partial charge in [-0.2, -0.15) is 5.26 Å². The van der Waals surface area contributed by atoms with Crippen LogP contribution < -0.4 is 5.32 Å². The summed E-state index contributed by atoms with van der Waals surface area (Å²) in [4.78, 5) is 27.6. The average molecular weight is 510 g/mol. The number of carbonyl (C=O) groups is 2. The quantitative estimate of drug-likeness (QED) is 0.457. The molecule has 182 valence electrons. The zero-order valence-corrected chi connectivity index (χ0v) is 21.6. The highest BCUT2D eigenvalue weighted by molar-refractivity contribution is 8.03. The van der Waals surface area contributed by atoms with Gasteiger partial charge in [0.1, 0.15) is 6.61 Å². The lowest BCUT2D eigenvalue weighted by atomic mass is 9.82. The molecule has 0 spiro atoms. The van der Waals surface area contributed by atoms with Gasteiger partial charge in [0.2, 0.25) is 5.91 Å². The van der Waals surface area contributed by atoms with E-state index in [0.29, 0.717) is 40.0 Å². The van der Waals surface area contributed by atoms with Crippen LogP contribution in [0.4, 0.5) is 0 Å². The van der Waals surface area contributed by atoms with E-state index in [1.807, 2.05) is 44.2 Å². The number of allylic oxidation sites excluding steroid dienone is 2. The molecule has 1 N–H and O–H groups in total. The fourth-order valence-corrected chi connectivity index (χ4v) is 5.01. The molecular formula is C27H28ClN3O3S. The fourth-order valence-electron chi connectivity index (χ4n) is 3.89. The number of benzene rings is 2. The highest BCUT2D eigenvalue weighted by Crippen LogP contribution is 2.41. The number of thioether (sulfide) groups is 1. The molecule has 1 aliphatic heterocycles. The van der Waals surface area contributed by atoms with Gasteiger partial charge in [0.05, 0.1) is 33.9 Å². The second-order valence-corrected chi connectivity index (χ2v) is 9.34. The van der Waals surface area contributed by atoms with Gasteiger partial charge in [-0.1, -0.05) is 65.8 Å². The number of dihydropyridines is 1. The number of hydrogen-bond acceptors (Lipinski definition) is 6. The lowest BCUT2D eigenvalue weighted by Gasteiger charge is -2.29. The van der Waals surface area contributed by atoms with E-state index in [-0.39, 0.29) is 18.3 Å². The minimum absolute atomic E-state index is 0.00988. The summed E-state index contributed by atoms with van der Waals surface area (Å²) in [6.07, 6.45) is 0. The molecule has 2 aromatic carbocycles. The van der Waals surface area contributed by atoms with Crippen LogP contribution in [0.15, 0.2) is 76.5 Å². The molecular weight excluding hydrogens is 482 g/mol. The maximum atomic E-state index is 13.3. The Morgan fingerprint density at radius 3 is 2.37 bits per heavy atom. The SMILES string of the molecule is CCN(CC)C(=O)CSC1=C(C#N)[C@H](c2ccc(Cl)cc2)C(C(=O)OCc2ccccc2)=C(C)N1. The van der Waals surface area contributed by atoms with Crippen LogP contribution in [0, 0.1) is 11.3 Å². The van der Waals surface area contributed by atoms with Gasteiger partial charge < -0.3 is 15.0 Å². The molecule has 1 heterocycles. The molecule has 0 saturated heterocycles. The minimum Gasteiger partial charge on any atom is -0.457 e. The number of nitrogens with zero attached hydrogens (tertiary/aromatic N) is 2. The number of carbonyl (C=O) groups excluding carboxylic acids is 2. The van der Waals surface area contributed by atoms with E-state index in [1.165, 1.54) is 11.8 Å². The van der Waals surface area contributed by atoms with Crippen LogP contribution in [0.5, 0.6) is 0 Å². The molecule has 1 aliphatic rings. The lowest BCUT2D eigenvalue weighted by Crippen LogP contribution is -2.33. The largest absolute Gasteiger partial charge is 0.457 e. The van der Waals surface area contributed by atoms with Crippen LogP contribution >= 0.6 is 23.4 Å². The maximum absolute atomic E-state index is 13.3. The van der Waals surface area contributed by atoms with E-state index < -0.39 is 11.9 Å². The summed E-state index contributed by atoms with van der Waals surface area (Å²) in [6.45, 7) is 7.01. The van der Waals surface area contributed by atoms with Gasteiger partial charge >= 0.3 is 5.97 Å². The number of hydrogen-bond donors (Lipinski definition) is 1. The van der Waals surface area contributed by atoms with Crippen molar-refractivity contribution in [2.45, 2.75) is 33.3 Å². The Labute approximate surface area is 215 Å². The van der Waals surface area contributed by atoms with E-state index >= 15 is 0 Å². The van der Waals surface area contributed by atoms with Crippen molar-refractivity contribution in [3.8, 4) is 6.07 Å². The van der Waals surface area contributed by atoms with Crippen LogP contribution in [0.25, 0.3) is 0 Å². The molecule has 0 aromatic heterocycles. The Hall–Kier alpha value is -3.21. The molecule has 0 unspecified atom stereocenters. The molecule has 3 rings (SSSR count). The number of amides is 1. The predicted octanol–water partition coefficient (Wildman–Crippen LogP) is 5.38. The summed E-state index contributed by atoms with van der Waals surface area (Å²) in [6, 6.07) is 18.8. The summed E-state index contributed by atoms with van der Waals surface area (Å²) in [5, 5.41) is 14.5. The first-order chi connectivity index (χ1) is 16.9. The van der Waals surface area contributed by atoms with Gasteiger partial charge in [0.15, 0.2) is 0 Å². The molecule has 8 heteroatoms. The standard InChI is InChI=1S/C27H28ClN3O3S/c1-4-31(5-2)23(32)17-35-26-22(15-29)25(20-11-13-21(28)14-12-20)24(18(3)30-26)27(33)34-16-19-9-7-6-8-10-19/h6-14,25,30H,4-5,16-17H2,1-3H3/t25-/m0/s1. The minimum atomic E-state index is -0.646. The van der Waals surface area contributed by atoms with Crippen molar-refractivity contribution in [1.82, 2.24) is 10.2 Å². The Bertz CT molecular complexity index is 1170. The van der Waals surface area contributed by atoms with Gasteiger partial charge in [0, 0.05) is 23.8 Å². The summed E-state index contributed by atoms with van der Waals surface area (Å²) >= 11 is 7.37. The Morgan fingerprint density at radius 1 is 1.11 bits per heavy atom. The van der Waals surface area contributed by atoms with Gasteiger partial charge in [-0.05, 0) is 44.0 Å². The number of nitrogens with one attached hydrogen (secondary N) is 1. The second kappa shape index (κ2) is 12.5. The van der Waals surface area contributed by atoms with Gasteiger partial charge in [-0.25, -0.2) is 4.79 Å². The molecule has 0 bridgehead atoms. The predicted molar refractivity (Wildman–Crippen MR) is 139 cm³/mol. The normalized spacial score (nSPS) is 15.3. The zero-order valence-electron chi connectivity index (χ0n) is 20.0. The molecule has 6 nitrogen and oxygen atoms in total. The molecule has 35 heavy (non-hydrogen) atoms. The molecule has 2 aromatic rings. The van der Waals surface area contributed by atoms with Crippen molar-refractivity contribution < 1.29 is 14.3 Å². The van der Waals surface area contributed by atoms with E-state index in [2.05, 4.69) is 11.4 Å². The van der Waals surface area contributed by atoms with Crippen molar-refractivity contribution in [3.63, 3.8) is 0 Å². The lowest BCUT2D eigenvalue weighted by molar-refractivity contribution is -0.140. The first-order valence-electron chi connectivity index (χ1n) is 11.4. The van der Waals surface area contributed by atoms with Crippen molar-refractivity contribution >= 4 is 35.2 Å².